The molecule has 0 aliphatic carbocycles. The number of anilines is 1. The number of cyclic esters (lactones) is 1. The molecule has 36 heavy (non-hydrogen) atoms. The highest BCUT2D eigenvalue weighted by Gasteiger charge is 2.35. The molecule has 3 N–H and O–H groups in total. The van der Waals surface area contributed by atoms with Crippen LogP contribution in [-0.4, -0.2) is 55.8 Å². The standard InChI is InChI=1S/C25H35NO9S/c1-2-3-4-5-6-7-8-9-10-11-22(27)34-21(20-16-23(28)35-25(20)31)17-26(36(32)33)19-14-12-18(13-15-19)24(29)30/h12-16,21,25,31H,2-11,17H2,1H3,(H,29,30)(H,32,33). The molecule has 3 unspecified atom stereocenters. The van der Waals surface area contributed by atoms with E-state index in [0.29, 0.717) is 6.42 Å². The van der Waals surface area contributed by atoms with E-state index in [1.54, 1.807) is 0 Å². The van der Waals surface area contributed by atoms with E-state index in [4.69, 9.17) is 14.6 Å². The summed E-state index contributed by atoms with van der Waals surface area (Å²) in [5, 5.41) is 19.2. The predicted molar refractivity (Wildman–Crippen MR) is 133 cm³/mol. The SMILES string of the molecule is CCCCCCCCCCCC(=O)OC(CN(c1ccc(C(=O)O)cc1)S(=O)O)C1=CC(=O)OC1O. The van der Waals surface area contributed by atoms with Gasteiger partial charge in [-0.05, 0) is 30.7 Å². The number of carboxylic acid groups (broad SMARTS) is 1. The summed E-state index contributed by atoms with van der Waals surface area (Å²) in [4.78, 5) is 35.2. The summed E-state index contributed by atoms with van der Waals surface area (Å²) in [7, 11) is 0. The number of carboxylic acids is 1. The predicted octanol–water partition coefficient (Wildman–Crippen LogP) is 3.96. The molecular formula is C25H35NO9S. The number of aliphatic hydroxyl groups excluding tert-OH is 1. The van der Waals surface area contributed by atoms with Crippen molar-refractivity contribution in [2.24, 2.45) is 0 Å². The van der Waals surface area contributed by atoms with Crippen LogP contribution in [0.3, 0.4) is 0 Å². The van der Waals surface area contributed by atoms with Gasteiger partial charge in [0.1, 0.15) is 6.10 Å². The Bertz CT molecular complexity index is 932. The lowest BCUT2D eigenvalue weighted by atomic mass is 10.1. The Hall–Kier alpha value is -2.76. The number of carbonyl (C=O) groups is 3. The molecule has 1 aromatic rings. The van der Waals surface area contributed by atoms with Gasteiger partial charge in [-0.2, -0.15) is 0 Å². The van der Waals surface area contributed by atoms with E-state index in [9.17, 15) is 28.3 Å². The second kappa shape index (κ2) is 15.4. The van der Waals surface area contributed by atoms with E-state index in [0.717, 1.165) is 29.6 Å². The molecular weight excluding hydrogens is 490 g/mol. The number of hydrogen-bond donors (Lipinski definition) is 3. The third-order valence-corrected chi connectivity index (χ3v) is 6.59. The number of benzene rings is 1. The molecule has 0 saturated heterocycles. The van der Waals surface area contributed by atoms with Gasteiger partial charge in [-0.15, -0.1) is 0 Å². The first kappa shape index (κ1) is 29.5. The number of rotatable bonds is 17. The van der Waals surface area contributed by atoms with E-state index in [-0.39, 0.29) is 29.8 Å². The molecule has 3 atom stereocenters. The van der Waals surface area contributed by atoms with Crippen LogP contribution in [0.25, 0.3) is 0 Å². The molecule has 0 bridgehead atoms. The van der Waals surface area contributed by atoms with Crippen molar-refractivity contribution in [3.05, 3.63) is 41.5 Å². The molecule has 11 heteroatoms. The van der Waals surface area contributed by atoms with Crippen LogP contribution < -0.4 is 4.31 Å². The van der Waals surface area contributed by atoms with Gasteiger partial charge in [-0.1, -0.05) is 58.3 Å². The van der Waals surface area contributed by atoms with Crippen LogP contribution >= 0.6 is 0 Å². The van der Waals surface area contributed by atoms with Gasteiger partial charge in [0.25, 0.3) is 11.3 Å². The van der Waals surface area contributed by atoms with Gasteiger partial charge in [0.05, 0.1) is 17.8 Å². The summed E-state index contributed by atoms with van der Waals surface area (Å²) < 4.78 is 33.1. The van der Waals surface area contributed by atoms with E-state index < -0.39 is 41.6 Å². The molecule has 200 valence electrons. The van der Waals surface area contributed by atoms with Crippen molar-refractivity contribution in [3.8, 4) is 0 Å². The van der Waals surface area contributed by atoms with E-state index in [1.165, 1.54) is 56.4 Å². The quantitative estimate of drug-likeness (QED) is 0.156. The molecule has 0 saturated carbocycles. The summed E-state index contributed by atoms with van der Waals surface area (Å²) in [5.41, 5.74) is 0.124. The van der Waals surface area contributed by atoms with Crippen molar-refractivity contribution in [2.45, 2.75) is 83.5 Å². The Balaban J connectivity index is 1.99. The van der Waals surface area contributed by atoms with Crippen LogP contribution in [0.2, 0.25) is 0 Å². The largest absolute Gasteiger partial charge is 0.478 e. The summed E-state index contributed by atoms with van der Waals surface area (Å²) in [6.07, 6.45) is 7.93. The van der Waals surface area contributed by atoms with Gasteiger partial charge in [0, 0.05) is 18.1 Å². The van der Waals surface area contributed by atoms with Gasteiger partial charge in [0.15, 0.2) is 0 Å². The summed E-state index contributed by atoms with van der Waals surface area (Å²) in [5.74, 6) is -2.54. The van der Waals surface area contributed by atoms with Gasteiger partial charge in [-0.25, -0.2) is 13.8 Å². The fourth-order valence-electron chi connectivity index (χ4n) is 3.86. The highest BCUT2D eigenvalue weighted by Crippen LogP contribution is 2.25. The molecule has 0 radical (unpaired) electrons. The number of unbranched alkanes of at least 4 members (excludes halogenated alkanes) is 8. The van der Waals surface area contributed by atoms with E-state index >= 15 is 0 Å². The number of aliphatic hydroxyl groups is 1. The molecule has 0 fully saturated rings. The normalized spacial score (nSPS) is 16.7. The highest BCUT2D eigenvalue weighted by molar-refractivity contribution is 7.80. The average Bonchev–Trinajstić information content (AvgIpc) is 3.18. The van der Waals surface area contributed by atoms with Gasteiger partial charge >= 0.3 is 17.9 Å². The number of aromatic carboxylic acids is 1. The molecule has 2 rings (SSSR count). The van der Waals surface area contributed by atoms with Crippen molar-refractivity contribution in [2.75, 3.05) is 10.8 Å². The first-order valence-corrected chi connectivity index (χ1v) is 13.3. The second-order valence-corrected chi connectivity index (χ2v) is 9.54. The Morgan fingerprint density at radius 3 is 2.14 bits per heavy atom. The van der Waals surface area contributed by atoms with Crippen LogP contribution in [0.5, 0.6) is 0 Å². The molecule has 1 aliphatic rings. The number of nitrogens with zero attached hydrogens (tertiary/aromatic N) is 1. The third kappa shape index (κ3) is 9.71. The van der Waals surface area contributed by atoms with Crippen LogP contribution in [0.15, 0.2) is 35.9 Å². The van der Waals surface area contributed by atoms with Crippen molar-refractivity contribution < 1.29 is 42.8 Å². The first-order valence-electron chi connectivity index (χ1n) is 12.2. The molecule has 0 amide bonds. The lowest BCUT2D eigenvalue weighted by Gasteiger charge is -2.27. The van der Waals surface area contributed by atoms with Crippen molar-refractivity contribution in [1.82, 2.24) is 0 Å². The zero-order chi connectivity index (χ0) is 26.5. The lowest BCUT2D eigenvalue weighted by Crippen LogP contribution is -2.39. The summed E-state index contributed by atoms with van der Waals surface area (Å²) in [6.45, 7) is 1.80. The van der Waals surface area contributed by atoms with Crippen LogP contribution in [0, 0.1) is 0 Å². The lowest BCUT2D eigenvalue weighted by molar-refractivity contribution is -0.154. The second-order valence-electron chi connectivity index (χ2n) is 8.63. The maximum atomic E-state index is 12.5. The minimum Gasteiger partial charge on any atom is -0.478 e. The first-order chi connectivity index (χ1) is 17.2. The third-order valence-electron chi connectivity index (χ3n) is 5.85. The Morgan fingerprint density at radius 1 is 1.06 bits per heavy atom. The zero-order valence-electron chi connectivity index (χ0n) is 20.5. The topological polar surface area (TPSA) is 151 Å². The Kier molecular flexibility index (Phi) is 12.6. The number of esters is 2. The maximum Gasteiger partial charge on any atom is 0.335 e. The van der Waals surface area contributed by atoms with Crippen molar-refractivity contribution in [3.63, 3.8) is 0 Å². The van der Waals surface area contributed by atoms with Gasteiger partial charge in [-0.3, -0.25) is 13.7 Å². The molecule has 10 nitrogen and oxygen atoms in total. The smallest absolute Gasteiger partial charge is 0.335 e. The molecule has 1 aromatic carbocycles. The Morgan fingerprint density at radius 2 is 1.64 bits per heavy atom. The van der Waals surface area contributed by atoms with Crippen LogP contribution in [0.1, 0.15) is 81.5 Å². The Labute approximate surface area is 213 Å². The molecule has 1 heterocycles. The fourth-order valence-corrected chi connectivity index (χ4v) is 4.42. The zero-order valence-corrected chi connectivity index (χ0v) is 21.3. The maximum absolute atomic E-state index is 12.5. The fraction of sp³-hybridized carbons (Fsp3) is 0.560. The minimum absolute atomic E-state index is 0.0146. The monoisotopic (exact) mass is 525 g/mol. The number of ether oxygens (including phenoxy) is 2. The summed E-state index contributed by atoms with van der Waals surface area (Å²) >= 11 is -2.58. The van der Waals surface area contributed by atoms with Crippen molar-refractivity contribution >= 4 is 34.9 Å². The highest BCUT2D eigenvalue weighted by atomic mass is 32.2. The molecule has 1 aliphatic heterocycles. The number of carbonyl (C=O) groups excluding carboxylic acids is 2. The molecule has 0 aromatic heterocycles. The summed E-state index contributed by atoms with van der Waals surface area (Å²) in [6, 6.07) is 5.19. The minimum atomic E-state index is -2.58. The van der Waals surface area contributed by atoms with Gasteiger partial charge < -0.3 is 19.7 Å². The van der Waals surface area contributed by atoms with Crippen molar-refractivity contribution in [1.29, 1.82) is 0 Å². The number of hydrogen-bond acceptors (Lipinski definition) is 7. The molecule has 0 spiro atoms. The van der Waals surface area contributed by atoms with Crippen LogP contribution in [0.4, 0.5) is 5.69 Å². The average molecular weight is 526 g/mol. The van der Waals surface area contributed by atoms with Gasteiger partial charge in [0.2, 0.25) is 6.29 Å². The van der Waals surface area contributed by atoms with E-state index in [2.05, 4.69) is 6.92 Å². The van der Waals surface area contributed by atoms with E-state index in [1.807, 2.05) is 0 Å². The van der Waals surface area contributed by atoms with Crippen LogP contribution in [-0.2, 0) is 30.3 Å².